The number of hydrogen-bond acceptors (Lipinski definition) is 3. The minimum Gasteiger partial charge on any atom is -0.369 e. The van der Waals surface area contributed by atoms with Crippen LogP contribution in [0.5, 0.6) is 0 Å². The van der Waals surface area contributed by atoms with Crippen LogP contribution in [0, 0.1) is 5.92 Å². The third kappa shape index (κ3) is 3.12. The number of carbonyl (C=O) groups is 1. The fourth-order valence-electron chi connectivity index (χ4n) is 1.09. The molecule has 4 heteroatoms. The van der Waals surface area contributed by atoms with Crippen LogP contribution in [0.2, 0.25) is 0 Å². The Hall–Kier alpha value is -0.870. The summed E-state index contributed by atoms with van der Waals surface area (Å²) >= 11 is 1.68. The summed E-state index contributed by atoms with van der Waals surface area (Å²) in [5.74, 6) is -0.369. The van der Waals surface area contributed by atoms with Crippen LogP contribution < -0.4 is 11.1 Å². The van der Waals surface area contributed by atoms with E-state index in [1.807, 2.05) is 12.3 Å². The van der Waals surface area contributed by atoms with Gasteiger partial charge in [0.1, 0.15) is 0 Å². The van der Waals surface area contributed by atoms with Crippen molar-refractivity contribution < 1.29 is 4.79 Å². The van der Waals surface area contributed by atoms with Crippen LogP contribution in [0.3, 0.4) is 0 Å². The highest BCUT2D eigenvalue weighted by atomic mass is 32.1. The average molecular weight is 212 g/mol. The zero-order valence-electron chi connectivity index (χ0n) is 8.49. The molecule has 0 aromatic carbocycles. The number of rotatable bonds is 5. The quantitative estimate of drug-likeness (QED) is 0.777. The highest BCUT2D eigenvalue weighted by Crippen LogP contribution is 2.15. The standard InChI is InChI=1S/C10H16N2OS/c1-7(10(11)13)5-12-8(2)9-3-4-14-6-9/h3-4,6-8,12H,5H2,1-2H3,(H2,11,13). The second-order valence-corrected chi connectivity index (χ2v) is 4.27. The van der Waals surface area contributed by atoms with Gasteiger partial charge in [0.05, 0.1) is 0 Å². The summed E-state index contributed by atoms with van der Waals surface area (Å²) in [4.78, 5) is 10.8. The second-order valence-electron chi connectivity index (χ2n) is 3.49. The lowest BCUT2D eigenvalue weighted by Gasteiger charge is -2.14. The number of nitrogens with one attached hydrogen (secondary N) is 1. The summed E-state index contributed by atoms with van der Waals surface area (Å²) in [6, 6.07) is 2.36. The van der Waals surface area contributed by atoms with Gasteiger partial charge in [-0.05, 0) is 29.3 Å². The molecule has 2 atom stereocenters. The molecule has 1 aromatic heterocycles. The van der Waals surface area contributed by atoms with E-state index in [0.717, 1.165) is 0 Å². The minimum atomic E-state index is -0.255. The maximum Gasteiger partial charge on any atom is 0.221 e. The van der Waals surface area contributed by atoms with Crippen molar-refractivity contribution in [3.05, 3.63) is 22.4 Å². The molecule has 3 nitrogen and oxygen atoms in total. The smallest absolute Gasteiger partial charge is 0.221 e. The first kappa shape index (κ1) is 11.2. The molecule has 1 heterocycles. The summed E-state index contributed by atoms with van der Waals surface area (Å²) in [6.45, 7) is 4.54. The van der Waals surface area contributed by atoms with Gasteiger partial charge in [0.2, 0.25) is 5.91 Å². The molecule has 0 bridgehead atoms. The molecule has 0 aliphatic heterocycles. The van der Waals surface area contributed by atoms with Crippen molar-refractivity contribution in [2.75, 3.05) is 6.54 Å². The Kier molecular flexibility index (Phi) is 4.10. The molecule has 0 radical (unpaired) electrons. The molecule has 0 aliphatic carbocycles. The first-order valence-corrected chi connectivity index (χ1v) is 5.60. The summed E-state index contributed by atoms with van der Waals surface area (Å²) in [5.41, 5.74) is 6.42. The monoisotopic (exact) mass is 212 g/mol. The molecule has 0 fully saturated rings. The summed E-state index contributed by atoms with van der Waals surface area (Å²) < 4.78 is 0. The van der Waals surface area contributed by atoms with E-state index >= 15 is 0 Å². The van der Waals surface area contributed by atoms with Gasteiger partial charge in [-0.3, -0.25) is 4.79 Å². The molecule has 1 aromatic rings. The maximum absolute atomic E-state index is 10.8. The van der Waals surface area contributed by atoms with E-state index < -0.39 is 0 Å². The largest absolute Gasteiger partial charge is 0.369 e. The molecular formula is C10H16N2OS. The van der Waals surface area contributed by atoms with Crippen molar-refractivity contribution >= 4 is 17.2 Å². The van der Waals surface area contributed by atoms with E-state index in [0.29, 0.717) is 6.54 Å². The number of thiophene rings is 1. The molecule has 0 spiro atoms. The van der Waals surface area contributed by atoms with Crippen LogP contribution >= 0.6 is 11.3 Å². The Morgan fingerprint density at radius 1 is 1.64 bits per heavy atom. The SMILES string of the molecule is CC(CNC(C)c1ccsc1)C(N)=O. The Morgan fingerprint density at radius 2 is 2.36 bits per heavy atom. The molecule has 1 amide bonds. The van der Waals surface area contributed by atoms with Gasteiger partial charge in [0, 0.05) is 18.5 Å². The number of amides is 1. The highest BCUT2D eigenvalue weighted by molar-refractivity contribution is 7.07. The van der Waals surface area contributed by atoms with Gasteiger partial charge in [-0.15, -0.1) is 0 Å². The van der Waals surface area contributed by atoms with Crippen LogP contribution in [0.15, 0.2) is 16.8 Å². The summed E-state index contributed by atoms with van der Waals surface area (Å²) in [7, 11) is 0. The zero-order valence-corrected chi connectivity index (χ0v) is 9.30. The molecule has 3 N–H and O–H groups in total. The van der Waals surface area contributed by atoms with Crippen LogP contribution in [-0.4, -0.2) is 12.5 Å². The Balaban J connectivity index is 2.35. The normalized spacial score (nSPS) is 15.0. The number of primary amides is 1. The van der Waals surface area contributed by atoms with Gasteiger partial charge >= 0.3 is 0 Å². The first-order valence-electron chi connectivity index (χ1n) is 4.66. The van der Waals surface area contributed by atoms with Crippen LogP contribution in [0.25, 0.3) is 0 Å². The van der Waals surface area contributed by atoms with Gasteiger partial charge in [-0.2, -0.15) is 11.3 Å². The Bertz CT molecular complexity index is 284. The summed E-state index contributed by atoms with van der Waals surface area (Å²) in [6.07, 6.45) is 0. The molecule has 2 unspecified atom stereocenters. The van der Waals surface area contributed by atoms with E-state index in [4.69, 9.17) is 5.73 Å². The van der Waals surface area contributed by atoms with Crippen LogP contribution in [0.4, 0.5) is 0 Å². The topological polar surface area (TPSA) is 55.1 Å². The fraction of sp³-hybridized carbons (Fsp3) is 0.500. The van der Waals surface area contributed by atoms with E-state index in [9.17, 15) is 4.79 Å². The van der Waals surface area contributed by atoms with Crippen molar-refractivity contribution in [2.45, 2.75) is 19.9 Å². The number of nitrogens with two attached hydrogens (primary N) is 1. The highest BCUT2D eigenvalue weighted by Gasteiger charge is 2.11. The zero-order chi connectivity index (χ0) is 10.6. The molecular weight excluding hydrogens is 196 g/mol. The number of carbonyl (C=O) groups excluding carboxylic acids is 1. The fourth-order valence-corrected chi connectivity index (χ4v) is 1.85. The van der Waals surface area contributed by atoms with E-state index in [1.54, 1.807) is 11.3 Å². The molecule has 1 rings (SSSR count). The van der Waals surface area contributed by atoms with Gasteiger partial charge in [0.15, 0.2) is 0 Å². The molecule has 0 saturated carbocycles. The van der Waals surface area contributed by atoms with Gasteiger partial charge in [-0.1, -0.05) is 6.92 Å². The Morgan fingerprint density at radius 3 is 2.86 bits per heavy atom. The van der Waals surface area contributed by atoms with Gasteiger partial charge in [0.25, 0.3) is 0 Å². The van der Waals surface area contributed by atoms with Crippen molar-refractivity contribution in [1.82, 2.24) is 5.32 Å². The van der Waals surface area contributed by atoms with Crippen molar-refractivity contribution in [3.63, 3.8) is 0 Å². The van der Waals surface area contributed by atoms with E-state index in [2.05, 4.69) is 23.7 Å². The third-order valence-corrected chi connectivity index (χ3v) is 2.96. The van der Waals surface area contributed by atoms with Crippen LogP contribution in [-0.2, 0) is 4.79 Å². The predicted octanol–water partition coefficient (Wildman–Crippen LogP) is 1.52. The minimum absolute atomic E-state index is 0.115. The maximum atomic E-state index is 10.8. The molecule has 78 valence electrons. The van der Waals surface area contributed by atoms with Crippen molar-refractivity contribution in [2.24, 2.45) is 11.7 Å². The average Bonchev–Trinajstić information content (AvgIpc) is 2.66. The van der Waals surface area contributed by atoms with E-state index in [1.165, 1.54) is 5.56 Å². The predicted molar refractivity (Wildman–Crippen MR) is 59.1 cm³/mol. The van der Waals surface area contributed by atoms with Gasteiger partial charge in [-0.25, -0.2) is 0 Å². The van der Waals surface area contributed by atoms with Crippen LogP contribution in [0.1, 0.15) is 25.5 Å². The lowest BCUT2D eigenvalue weighted by Crippen LogP contribution is -2.32. The van der Waals surface area contributed by atoms with Gasteiger partial charge < -0.3 is 11.1 Å². The second kappa shape index (κ2) is 5.12. The lowest BCUT2D eigenvalue weighted by molar-refractivity contribution is -0.121. The lowest BCUT2D eigenvalue weighted by atomic mass is 10.1. The molecule has 0 saturated heterocycles. The molecule has 14 heavy (non-hydrogen) atoms. The van der Waals surface area contributed by atoms with E-state index in [-0.39, 0.29) is 17.9 Å². The van der Waals surface area contributed by atoms with Crippen molar-refractivity contribution in [1.29, 1.82) is 0 Å². The number of hydrogen-bond donors (Lipinski definition) is 2. The molecule has 0 aliphatic rings. The summed E-state index contributed by atoms with van der Waals surface area (Å²) in [5, 5.41) is 7.42. The van der Waals surface area contributed by atoms with Crippen molar-refractivity contribution in [3.8, 4) is 0 Å². The first-order chi connectivity index (χ1) is 6.61. The third-order valence-electron chi connectivity index (χ3n) is 2.26. The Labute approximate surface area is 88.3 Å².